The Labute approximate surface area is 122 Å². The predicted molar refractivity (Wildman–Crippen MR) is 76.1 cm³/mol. The molecule has 1 unspecified atom stereocenters. The lowest BCUT2D eigenvalue weighted by Gasteiger charge is -2.22. The maximum absolute atomic E-state index is 13.5. The Morgan fingerprint density at radius 3 is 2.95 bits per heavy atom. The van der Waals surface area contributed by atoms with Crippen molar-refractivity contribution in [3.8, 4) is 11.5 Å². The second-order valence-corrected chi connectivity index (χ2v) is 4.96. The van der Waals surface area contributed by atoms with Crippen LogP contribution in [0.15, 0.2) is 42.5 Å². The number of ether oxygens (including phenoxy) is 2. The maximum atomic E-state index is 13.5. The van der Waals surface area contributed by atoms with E-state index in [9.17, 15) is 9.18 Å². The van der Waals surface area contributed by atoms with Gasteiger partial charge in [-0.1, -0.05) is 24.3 Å². The van der Waals surface area contributed by atoms with Gasteiger partial charge < -0.3 is 14.3 Å². The van der Waals surface area contributed by atoms with Gasteiger partial charge >= 0.3 is 0 Å². The van der Waals surface area contributed by atoms with Gasteiger partial charge in [0.05, 0.1) is 6.61 Å². The van der Waals surface area contributed by atoms with E-state index in [1.54, 1.807) is 30.3 Å². The third kappa shape index (κ3) is 2.89. The normalized spacial score (nSPS) is 16.7. The van der Waals surface area contributed by atoms with Crippen molar-refractivity contribution in [2.45, 2.75) is 18.9 Å². The Morgan fingerprint density at radius 1 is 1.29 bits per heavy atom. The van der Waals surface area contributed by atoms with Crippen molar-refractivity contribution in [1.29, 1.82) is 0 Å². The molecule has 1 aliphatic heterocycles. The smallest absolute Gasteiger partial charge is 0.129 e. The Hall–Kier alpha value is -2.36. The molecule has 0 aliphatic carbocycles. The van der Waals surface area contributed by atoms with Gasteiger partial charge in [-0.15, -0.1) is 0 Å². The summed E-state index contributed by atoms with van der Waals surface area (Å²) >= 11 is 0. The van der Waals surface area contributed by atoms with Gasteiger partial charge in [-0.25, -0.2) is 4.39 Å². The van der Waals surface area contributed by atoms with Crippen LogP contribution in [0.4, 0.5) is 4.39 Å². The topological polar surface area (TPSA) is 35.5 Å². The second-order valence-electron chi connectivity index (χ2n) is 4.96. The number of rotatable bonds is 4. The van der Waals surface area contributed by atoms with E-state index in [4.69, 9.17) is 9.47 Å². The van der Waals surface area contributed by atoms with Crippen molar-refractivity contribution >= 4 is 6.29 Å². The quantitative estimate of drug-likeness (QED) is 0.807. The highest BCUT2D eigenvalue weighted by Crippen LogP contribution is 2.35. The summed E-state index contributed by atoms with van der Waals surface area (Å²) in [7, 11) is 0. The van der Waals surface area contributed by atoms with Gasteiger partial charge in [0.2, 0.25) is 0 Å². The molecule has 3 rings (SSSR count). The molecule has 1 aliphatic rings. The molecule has 2 aromatic rings. The lowest BCUT2D eigenvalue weighted by molar-refractivity contribution is -0.109. The lowest BCUT2D eigenvalue weighted by atomic mass is 9.94. The molecule has 0 amide bonds. The minimum Gasteiger partial charge on any atom is -0.493 e. The number of hydrogen-bond acceptors (Lipinski definition) is 3. The van der Waals surface area contributed by atoms with Crippen LogP contribution >= 0.6 is 0 Å². The van der Waals surface area contributed by atoms with Crippen LogP contribution in [0.1, 0.15) is 23.5 Å². The largest absolute Gasteiger partial charge is 0.493 e. The van der Waals surface area contributed by atoms with Crippen LogP contribution < -0.4 is 9.47 Å². The highest BCUT2D eigenvalue weighted by atomic mass is 19.1. The van der Waals surface area contributed by atoms with Crippen LogP contribution in [0.2, 0.25) is 0 Å². The van der Waals surface area contributed by atoms with Crippen LogP contribution in [0.25, 0.3) is 0 Å². The van der Waals surface area contributed by atoms with E-state index in [0.717, 1.165) is 11.8 Å². The summed E-state index contributed by atoms with van der Waals surface area (Å²) in [5.41, 5.74) is 1.39. The van der Waals surface area contributed by atoms with Crippen LogP contribution in [0, 0.1) is 5.82 Å². The molecule has 0 saturated carbocycles. The maximum Gasteiger partial charge on any atom is 0.129 e. The molecule has 4 heteroatoms. The number of hydrogen-bond donors (Lipinski definition) is 0. The Bertz CT molecular complexity index is 654. The molecule has 1 heterocycles. The van der Waals surface area contributed by atoms with Crippen molar-refractivity contribution in [3.05, 3.63) is 59.4 Å². The van der Waals surface area contributed by atoms with Crippen molar-refractivity contribution in [2.75, 3.05) is 6.61 Å². The number of aldehydes is 1. The van der Waals surface area contributed by atoms with Crippen molar-refractivity contribution in [2.24, 2.45) is 0 Å². The van der Waals surface area contributed by atoms with E-state index < -0.39 is 0 Å². The van der Waals surface area contributed by atoms with Gasteiger partial charge in [0.1, 0.15) is 30.2 Å². The summed E-state index contributed by atoms with van der Waals surface area (Å²) in [4.78, 5) is 11.0. The van der Waals surface area contributed by atoms with Crippen LogP contribution in [-0.2, 0) is 11.4 Å². The summed E-state index contributed by atoms with van der Waals surface area (Å²) < 4.78 is 24.7. The Kier molecular flexibility index (Phi) is 3.86. The summed E-state index contributed by atoms with van der Waals surface area (Å²) in [6.45, 7) is 0.676. The number of benzene rings is 2. The highest BCUT2D eigenvalue weighted by Gasteiger charge is 2.21. The molecule has 108 valence electrons. The summed E-state index contributed by atoms with van der Waals surface area (Å²) in [6.07, 6.45) is 1.65. The Balaban J connectivity index is 1.75. The molecule has 0 N–H and O–H groups in total. The molecule has 0 fully saturated rings. The first kappa shape index (κ1) is 13.6. The third-order valence-corrected chi connectivity index (χ3v) is 3.59. The molecule has 0 bridgehead atoms. The predicted octanol–water partition coefficient (Wildman–Crippen LogP) is 3.47. The van der Waals surface area contributed by atoms with E-state index in [-0.39, 0.29) is 18.3 Å². The molecule has 0 radical (unpaired) electrons. The van der Waals surface area contributed by atoms with Crippen molar-refractivity contribution < 1.29 is 18.7 Å². The average Bonchev–Trinajstić information content (AvgIpc) is 2.53. The fraction of sp³-hybridized carbons (Fsp3) is 0.235. The molecule has 3 nitrogen and oxygen atoms in total. The number of carbonyl (C=O) groups is 1. The second kappa shape index (κ2) is 5.95. The van der Waals surface area contributed by atoms with E-state index in [1.807, 2.05) is 6.07 Å². The zero-order valence-electron chi connectivity index (χ0n) is 11.4. The van der Waals surface area contributed by atoms with Gasteiger partial charge in [-0.05, 0) is 18.6 Å². The van der Waals surface area contributed by atoms with Gasteiger partial charge in [-0.3, -0.25) is 0 Å². The van der Waals surface area contributed by atoms with Gasteiger partial charge in [0.15, 0.2) is 0 Å². The number of halogens is 1. The minimum atomic E-state index is -0.285. The van der Waals surface area contributed by atoms with Gasteiger partial charge in [-0.2, -0.15) is 0 Å². The Morgan fingerprint density at radius 2 is 2.14 bits per heavy atom. The molecule has 0 spiro atoms. The third-order valence-electron chi connectivity index (χ3n) is 3.59. The first-order valence-corrected chi connectivity index (χ1v) is 6.86. The fourth-order valence-corrected chi connectivity index (χ4v) is 2.41. The van der Waals surface area contributed by atoms with Crippen molar-refractivity contribution in [3.63, 3.8) is 0 Å². The standard InChI is InChI=1S/C17H15FO3/c18-16-4-2-1-3-13(16)11-21-14-5-6-15-12(10-19)7-8-20-17(15)9-14/h1-6,9-10,12H,7-8,11H2. The SMILES string of the molecule is O=CC1CCOc2cc(OCc3ccccc3F)ccc21. The lowest BCUT2D eigenvalue weighted by Crippen LogP contribution is -2.15. The zero-order valence-corrected chi connectivity index (χ0v) is 11.4. The molecule has 0 aromatic heterocycles. The van der Waals surface area contributed by atoms with Crippen molar-refractivity contribution in [1.82, 2.24) is 0 Å². The first-order valence-electron chi connectivity index (χ1n) is 6.86. The number of carbonyl (C=O) groups excluding carboxylic acids is 1. The molecule has 0 saturated heterocycles. The molecular weight excluding hydrogens is 271 g/mol. The zero-order chi connectivity index (χ0) is 14.7. The molecule has 2 aromatic carbocycles. The number of fused-ring (bicyclic) bond motifs is 1. The van der Waals surface area contributed by atoms with E-state index in [0.29, 0.717) is 30.1 Å². The average molecular weight is 286 g/mol. The summed E-state index contributed by atoms with van der Waals surface area (Å²) in [6, 6.07) is 11.9. The van der Waals surface area contributed by atoms with E-state index >= 15 is 0 Å². The van der Waals surface area contributed by atoms with E-state index in [1.165, 1.54) is 6.07 Å². The molecule has 21 heavy (non-hydrogen) atoms. The molecule has 1 atom stereocenters. The van der Waals surface area contributed by atoms with Crippen LogP contribution in [0.5, 0.6) is 11.5 Å². The van der Waals surface area contributed by atoms with Gasteiger partial charge in [0.25, 0.3) is 0 Å². The summed E-state index contributed by atoms with van der Waals surface area (Å²) in [5, 5.41) is 0. The fourth-order valence-electron chi connectivity index (χ4n) is 2.41. The first-order chi connectivity index (χ1) is 10.3. The monoisotopic (exact) mass is 286 g/mol. The minimum absolute atomic E-state index is 0.116. The van der Waals surface area contributed by atoms with E-state index in [2.05, 4.69) is 0 Å². The van der Waals surface area contributed by atoms with Crippen LogP contribution in [-0.4, -0.2) is 12.9 Å². The highest BCUT2D eigenvalue weighted by molar-refractivity contribution is 5.65. The summed E-state index contributed by atoms with van der Waals surface area (Å²) in [5.74, 6) is 0.870. The van der Waals surface area contributed by atoms with Crippen LogP contribution in [0.3, 0.4) is 0 Å². The molecular formula is C17H15FO3. The van der Waals surface area contributed by atoms with Gasteiger partial charge in [0, 0.05) is 23.1 Å².